The molecule has 8 bridgehead atoms. The van der Waals surface area contributed by atoms with Crippen LogP contribution in [0, 0.1) is 0 Å². The molecule has 5 heterocycles. The van der Waals surface area contributed by atoms with Crippen molar-refractivity contribution in [3.05, 3.63) is 84.4 Å². The van der Waals surface area contributed by atoms with Crippen LogP contribution in [-0.4, -0.2) is 278 Å². The Kier molecular flexibility index (Phi) is 36.2. The number of quaternary nitrogens is 6. The molecular weight excluding hydrogens is 2090 g/mol. The normalized spacial score (nSPS) is 12.2. The van der Waals surface area contributed by atoms with Gasteiger partial charge in [-0.3, -0.25) is 0 Å². The molecule has 5 aromatic carbocycles. The molecule has 10 rings (SSSR count). The smallest absolute Gasteiger partial charge is 1.00 e. The van der Waals surface area contributed by atoms with E-state index in [-0.39, 0.29) is 169 Å². The second-order valence-electron chi connectivity index (χ2n) is 30.0. The summed E-state index contributed by atoms with van der Waals surface area (Å²) < 4.78 is 11.6. The summed E-state index contributed by atoms with van der Waals surface area (Å²) in [6.45, 7) is 5.96. The molecule has 0 spiro atoms. The van der Waals surface area contributed by atoms with E-state index in [4.69, 9.17) is 34.6 Å². The first kappa shape index (κ1) is 92.8. The molecule has 8 aromatic rings. The average Bonchev–Trinajstić information content (AvgIpc) is 1.60. The van der Waals surface area contributed by atoms with E-state index >= 15 is 0 Å². The Morgan fingerprint density at radius 1 is 0.343 bits per heavy atom. The number of fused-ring (bicyclic) bond motifs is 20. The number of benzene rings is 5. The van der Waals surface area contributed by atoms with Crippen molar-refractivity contribution in [1.29, 1.82) is 0 Å². The van der Waals surface area contributed by atoms with Crippen molar-refractivity contribution >= 4 is 121 Å². The largest absolute Gasteiger partial charge is 2.00 e. The molecule has 0 amide bonds. The van der Waals surface area contributed by atoms with Gasteiger partial charge in [0.25, 0.3) is 0 Å². The quantitative estimate of drug-likeness (QED) is 0.0195. The zero-order chi connectivity index (χ0) is 66.3. The molecule has 3 N–H and O–H groups in total. The topological polar surface area (TPSA) is 155 Å². The van der Waals surface area contributed by atoms with E-state index in [1.54, 1.807) is 24.3 Å². The van der Waals surface area contributed by atoms with Gasteiger partial charge in [-0.1, -0.05) is 0 Å². The van der Waals surface area contributed by atoms with Gasteiger partial charge in [-0.05, 0) is 78.9 Å². The SMILES string of the molecule is C[N+](C)(C)CCSc1cc2c(cc1SCC[N+](C)(C)C)-c1nc-2nc2[nH]c(nc3nc(nc4[nH]c(n1)c1cc(SCC[N+](C)(C)C)c(SCC[N+](C)(C)C)cc41)-c1cc(SCC[N+](C)(C)C)c(SCC[N+](C)(C)C)cc1-3)c1cc(Oc3ccc(C(=O)O)cc3)ccc21.[I-].[I-].[I-].[I-].[I-].[I-].[Zn+2]. The molecule has 0 unspecified atom stereocenters. The third kappa shape index (κ3) is 26.2. The van der Waals surface area contributed by atoms with Crippen molar-refractivity contribution in [3.63, 3.8) is 0 Å². The number of carboxylic acid groups (broad SMARTS) is 1. The molecular formula is C69H94I6N14O3S6Zn+2. The maximum Gasteiger partial charge on any atom is 2.00 e. The fourth-order valence-corrected chi connectivity index (χ4v) is 18.5. The van der Waals surface area contributed by atoms with Gasteiger partial charge in [0.05, 0.1) is 172 Å². The summed E-state index contributed by atoms with van der Waals surface area (Å²) in [5, 5.41) is 13.2. The number of nitrogens with one attached hydrogen (secondary N) is 2. The van der Waals surface area contributed by atoms with E-state index in [1.807, 2.05) is 88.8 Å². The Morgan fingerprint density at radius 3 is 0.848 bits per heavy atom. The molecule has 536 valence electrons. The molecule has 2 aliphatic heterocycles. The van der Waals surface area contributed by atoms with Crippen LogP contribution in [0.1, 0.15) is 10.4 Å². The van der Waals surface area contributed by atoms with E-state index in [1.165, 1.54) is 29.4 Å². The van der Waals surface area contributed by atoms with Crippen LogP contribution < -0.4 is 149 Å². The molecule has 3 aromatic heterocycles. The number of H-pyrrole nitrogens is 2. The van der Waals surface area contributed by atoms with Crippen molar-refractivity contribution in [2.45, 2.75) is 29.4 Å². The maximum absolute atomic E-state index is 11.8. The minimum absolute atomic E-state index is 0. The fourth-order valence-electron chi connectivity index (χ4n) is 9.91. The first-order valence-corrected chi connectivity index (χ1v) is 37.1. The van der Waals surface area contributed by atoms with Gasteiger partial charge in [0, 0.05) is 108 Å². The van der Waals surface area contributed by atoms with Crippen LogP contribution >= 0.6 is 70.6 Å². The standard InChI is InChI=1S/C69H92N14O3S6.6HI.Zn/c1-78(2,3)25-31-87-55-38-49-50(39-56(55)88-32-26-79(4,5)6)65-73-63(49)71-61-47-24-23-46(86-45-21-19-44(20-22-45)69(84)85)37-48(47)62(70-61)72-64-51-40-57(89-33-27-80(7,8)9)58(90-34-28-81(10,11)12)41-52(51)66(74-64)76-68-54-43-60(92-36-30-83(16,17)18)59(91-35-29-82(13,14)15)42-53(54)67(75-65)77-68;;;;;;;/h19-24,37-43H,25-36H2,1-18H3,(H-2,70,71,72,73,74,75,76,77,84,85);6*1H;/q+4;;;;;;;+2/p-4. The van der Waals surface area contributed by atoms with Crippen LogP contribution in [0.15, 0.2) is 108 Å². The molecule has 17 nitrogen and oxygen atoms in total. The number of aromatic carboxylic acids is 1. The Bertz CT molecular complexity index is 4270. The van der Waals surface area contributed by atoms with Crippen molar-refractivity contribution in [2.24, 2.45) is 0 Å². The second kappa shape index (κ2) is 38.6. The number of nitrogens with zero attached hydrogens (tertiary/aromatic N) is 12. The van der Waals surface area contributed by atoms with E-state index in [0.717, 1.165) is 144 Å². The third-order valence-corrected chi connectivity index (χ3v) is 22.1. The van der Waals surface area contributed by atoms with Crippen LogP contribution in [-0.2, 0) is 19.5 Å². The number of ether oxygens (including phenoxy) is 1. The molecule has 30 heteroatoms. The number of halogens is 6. The predicted molar refractivity (Wildman–Crippen MR) is 391 cm³/mol. The van der Waals surface area contributed by atoms with Crippen molar-refractivity contribution in [2.75, 3.05) is 201 Å². The Hall–Kier alpha value is -0.407. The molecule has 0 aliphatic carbocycles. The van der Waals surface area contributed by atoms with Crippen LogP contribution in [0.5, 0.6) is 11.5 Å². The fraction of sp³-hybridized carbons (Fsp3) is 0.435. The van der Waals surface area contributed by atoms with E-state index in [0.29, 0.717) is 57.4 Å². The molecule has 0 saturated heterocycles. The summed E-state index contributed by atoms with van der Waals surface area (Å²) in [5.74, 6) is 7.82. The summed E-state index contributed by atoms with van der Waals surface area (Å²) in [6.07, 6.45) is 0. The Labute approximate surface area is 727 Å². The van der Waals surface area contributed by atoms with Gasteiger partial charge in [-0.15, -0.1) is 70.6 Å². The Balaban J connectivity index is 0.00000364. The van der Waals surface area contributed by atoms with Gasteiger partial charge in [0.2, 0.25) is 0 Å². The number of thioether (sulfide) groups is 6. The first-order chi connectivity index (χ1) is 43.1. The van der Waals surface area contributed by atoms with Gasteiger partial charge >= 0.3 is 25.4 Å². The minimum atomic E-state index is -1.00. The summed E-state index contributed by atoms with van der Waals surface area (Å²) in [4.78, 5) is 60.0. The van der Waals surface area contributed by atoms with Crippen molar-refractivity contribution < 1.29 is 205 Å². The van der Waals surface area contributed by atoms with Crippen LogP contribution in [0.4, 0.5) is 0 Å². The Morgan fingerprint density at radius 2 is 0.586 bits per heavy atom. The van der Waals surface area contributed by atoms with Crippen LogP contribution in [0.3, 0.4) is 0 Å². The summed E-state index contributed by atoms with van der Waals surface area (Å²) >= 11 is 11.4. The summed E-state index contributed by atoms with van der Waals surface area (Å²) in [6, 6.07) is 26.2. The average molecular weight is 2190 g/mol. The van der Waals surface area contributed by atoms with Gasteiger partial charge in [0.1, 0.15) is 34.1 Å². The zero-order valence-corrected chi connectivity index (χ0v) is 80.9. The monoisotopic (exact) mass is 2180 g/mol. The molecule has 0 radical (unpaired) electrons. The number of hydrogen-bond donors (Lipinski definition) is 3. The van der Waals surface area contributed by atoms with E-state index < -0.39 is 5.97 Å². The summed E-state index contributed by atoms with van der Waals surface area (Å²) in [7, 11) is 40.5. The maximum atomic E-state index is 11.8. The van der Waals surface area contributed by atoms with Gasteiger partial charge in [-0.25, -0.2) is 34.7 Å². The number of aromatic amines is 2. The van der Waals surface area contributed by atoms with Crippen LogP contribution in [0.2, 0.25) is 0 Å². The van der Waals surface area contributed by atoms with Gasteiger partial charge in [0.15, 0.2) is 23.3 Å². The van der Waals surface area contributed by atoms with E-state index in [9.17, 15) is 9.90 Å². The van der Waals surface area contributed by atoms with Gasteiger partial charge < -0.3 is 191 Å². The number of hydrogen-bond acceptors (Lipinski definition) is 14. The molecule has 99 heavy (non-hydrogen) atoms. The molecule has 0 atom stereocenters. The molecule has 2 aliphatic rings. The predicted octanol–water partition coefficient (Wildman–Crippen LogP) is -4.83. The van der Waals surface area contributed by atoms with Crippen LogP contribution in [0.25, 0.3) is 89.7 Å². The van der Waals surface area contributed by atoms with Crippen molar-refractivity contribution in [1.82, 2.24) is 39.9 Å². The van der Waals surface area contributed by atoms with Crippen molar-refractivity contribution in [3.8, 4) is 57.1 Å². The third-order valence-electron chi connectivity index (χ3n) is 15.4. The molecule has 0 saturated carbocycles. The number of carboxylic acids is 1. The number of aromatic nitrogens is 8. The first-order valence-electron chi connectivity index (χ1n) is 31.2. The minimum Gasteiger partial charge on any atom is -1.00 e. The van der Waals surface area contributed by atoms with E-state index in [2.05, 4.69) is 173 Å². The number of rotatable bonds is 27. The molecule has 0 fully saturated rings. The number of carbonyl (C=O) groups is 1. The second-order valence-corrected chi connectivity index (χ2v) is 36.8. The summed E-state index contributed by atoms with van der Waals surface area (Å²) in [5.41, 5.74) is 6.20. The van der Waals surface area contributed by atoms with Gasteiger partial charge in [-0.2, -0.15) is 0 Å². The zero-order valence-electron chi connectivity index (χ0n) is 60.0.